The van der Waals surface area contributed by atoms with Gasteiger partial charge in [-0.25, -0.2) is 0 Å². The van der Waals surface area contributed by atoms with Crippen molar-refractivity contribution in [3.05, 3.63) is 164 Å². The summed E-state index contributed by atoms with van der Waals surface area (Å²) >= 11 is 0. The largest absolute Gasteiger partial charge is 0.456 e. The van der Waals surface area contributed by atoms with Gasteiger partial charge in [0.25, 0.3) is 0 Å². The van der Waals surface area contributed by atoms with Crippen molar-refractivity contribution in [2.45, 2.75) is 0 Å². The fourth-order valence-corrected chi connectivity index (χ4v) is 7.23. The first-order chi connectivity index (χ1) is 23.3. The lowest BCUT2D eigenvalue weighted by atomic mass is 9.96. The predicted molar refractivity (Wildman–Crippen MR) is 194 cm³/mol. The first-order valence-electron chi connectivity index (χ1n) is 15.9. The molecular weight excluding hydrogens is 574 g/mol. The maximum atomic E-state index is 6.63. The molecule has 7 aromatic carbocycles. The molecule has 0 saturated heterocycles. The maximum Gasteiger partial charge on any atom is 0.161 e. The highest BCUT2D eigenvalue weighted by Crippen LogP contribution is 2.43. The molecule has 3 nitrogen and oxygen atoms in total. The van der Waals surface area contributed by atoms with Crippen molar-refractivity contribution in [1.29, 1.82) is 0 Å². The van der Waals surface area contributed by atoms with Gasteiger partial charge < -0.3 is 13.4 Å². The van der Waals surface area contributed by atoms with E-state index in [-0.39, 0.29) is 0 Å². The van der Waals surface area contributed by atoms with Gasteiger partial charge in [-0.1, -0.05) is 103 Å². The molecule has 10 aromatic rings. The Kier molecular flexibility index (Phi) is 5.57. The van der Waals surface area contributed by atoms with Gasteiger partial charge in [-0.15, -0.1) is 0 Å². The van der Waals surface area contributed by atoms with E-state index in [9.17, 15) is 0 Å². The van der Waals surface area contributed by atoms with Crippen LogP contribution in [0.15, 0.2) is 173 Å². The predicted octanol–water partition coefficient (Wildman–Crippen LogP) is 12.4. The minimum Gasteiger partial charge on any atom is -0.456 e. The lowest BCUT2D eigenvalue weighted by Crippen LogP contribution is -1.93. The van der Waals surface area contributed by atoms with Crippen molar-refractivity contribution in [3.63, 3.8) is 0 Å². The molecule has 0 saturated carbocycles. The van der Waals surface area contributed by atoms with E-state index in [1.54, 1.807) is 0 Å². The number of para-hydroxylation sites is 2. The van der Waals surface area contributed by atoms with Gasteiger partial charge in [-0.05, 0) is 94.0 Å². The maximum absolute atomic E-state index is 6.63. The molecule has 0 amide bonds. The van der Waals surface area contributed by atoms with Crippen LogP contribution in [0.2, 0.25) is 0 Å². The topological polar surface area (TPSA) is 31.2 Å². The smallest absolute Gasteiger partial charge is 0.161 e. The number of aromatic nitrogens is 1. The lowest BCUT2D eigenvalue weighted by molar-refractivity contribution is 0.669. The van der Waals surface area contributed by atoms with Crippen LogP contribution < -0.4 is 0 Å². The van der Waals surface area contributed by atoms with Gasteiger partial charge in [0.05, 0.1) is 10.9 Å². The molecule has 3 heterocycles. The van der Waals surface area contributed by atoms with Crippen LogP contribution in [0.1, 0.15) is 0 Å². The Morgan fingerprint density at radius 2 is 1.00 bits per heavy atom. The van der Waals surface area contributed by atoms with Crippen LogP contribution in [-0.4, -0.2) is 4.57 Å². The molecule has 0 aliphatic carbocycles. The van der Waals surface area contributed by atoms with Gasteiger partial charge in [0.2, 0.25) is 0 Å². The molecule has 0 fully saturated rings. The van der Waals surface area contributed by atoms with Crippen LogP contribution in [0.5, 0.6) is 0 Å². The highest BCUT2D eigenvalue weighted by molar-refractivity contribution is 6.20. The second-order valence-electron chi connectivity index (χ2n) is 12.1. The summed E-state index contributed by atoms with van der Waals surface area (Å²) in [5.74, 6) is 0. The monoisotopic (exact) mass is 601 g/mol. The molecule has 0 bridgehead atoms. The van der Waals surface area contributed by atoms with E-state index in [0.717, 1.165) is 88.4 Å². The fourth-order valence-electron chi connectivity index (χ4n) is 7.23. The summed E-state index contributed by atoms with van der Waals surface area (Å²) in [5, 5.41) is 4.47. The summed E-state index contributed by atoms with van der Waals surface area (Å²) in [4.78, 5) is 0. The summed E-state index contributed by atoms with van der Waals surface area (Å²) in [7, 11) is 0. The Hall–Kier alpha value is -6.32. The molecule has 10 rings (SSSR count). The zero-order chi connectivity index (χ0) is 30.9. The molecule has 0 radical (unpaired) electrons. The van der Waals surface area contributed by atoms with E-state index in [0.29, 0.717) is 0 Å². The van der Waals surface area contributed by atoms with Crippen LogP contribution in [0.25, 0.3) is 94.0 Å². The molecule has 220 valence electrons. The third-order valence-corrected chi connectivity index (χ3v) is 9.41. The second kappa shape index (κ2) is 10.1. The molecule has 3 aromatic heterocycles. The van der Waals surface area contributed by atoms with Gasteiger partial charge in [0.15, 0.2) is 5.58 Å². The molecule has 0 aliphatic rings. The van der Waals surface area contributed by atoms with Crippen molar-refractivity contribution in [3.8, 4) is 39.1 Å². The fraction of sp³-hybridized carbons (Fsp3) is 0. The van der Waals surface area contributed by atoms with Crippen molar-refractivity contribution < 1.29 is 8.83 Å². The van der Waals surface area contributed by atoms with E-state index < -0.39 is 0 Å². The number of hydrogen-bond donors (Lipinski definition) is 0. The summed E-state index contributed by atoms with van der Waals surface area (Å²) in [6.07, 6.45) is 0. The Bertz CT molecular complexity index is 2780. The number of hydrogen-bond acceptors (Lipinski definition) is 2. The van der Waals surface area contributed by atoms with Gasteiger partial charge >= 0.3 is 0 Å². The Balaban J connectivity index is 1.13. The Morgan fingerprint density at radius 1 is 0.383 bits per heavy atom. The highest BCUT2D eigenvalue weighted by Gasteiger charge is 2.22. The zero-order valence-corrected chi connectivity index (χ0v) is 25.4. The van der Waals surface area contributed by atoms with Crippen LogP contribution in [-0.2, 0) is 0 Å². The van der Waals surface area contributed by atoms with Crippen LogP contribution in [0, 0.1) is 0 Å². The summed E-state index contributed by atoms with van der Waals surface area (Å²) < 4.78 is 15.4. The van der Waals surface area contributed by atoms with Crippen LogP contribution in [0.4, 0.5) is 0 Å². The average Bonchev–Trinajstić information content (AvgIpc) is 3.80. The summed E-state index contributed by atoms with van der Waals surface area (Å²) in [6, 6.07) is 57.7. The third kappa shape index (κ3) is 4.00. The third-order valence-electron chi connectivity index (χ3n) is 9.41. The van der Waals surface area contributed by atoms with E-state index in [1.807, 2.05) is 6.07 Å². The molecule has 0 atom stereocenters. The van der Waals surface area contributed by atoms with E-state index in [1.165, 1.54) is 5.56 Å². The van der Waals surface area contributed by atoms with Crippen molar-refractivity contribution in [2.24, 2.45) is 0 Å². The number of rotatable bonds is 4. The normalized spacial score (nSPS) is 11.8. The minimum absolute atomic E-state index is 0.881. The number of fused-ring (bicyclic) bond motifs is 8. The van der Waals surface area contributed by atoms with Gasteiger partial charge in [-0.3, -0.25) is 0 Å². The van der Waals surface area contributed by atoms with E-state index >= 15 is 0 Å². The van der Waals surface area contributed by atoms with Crippen LogP contribution >= 0.6 is 0 Å². The molecule has 0 unspecified atom stereocenters. The lowest BCUT2D eigenvalue weighted by Gasteiger charge is -2.10. The number of benzene rings is 7. The molecule has 47 heavy (non-hydrogen) atoms. The second-order valence-corrected chi connectivity index (χ2v) is 12.1. The van der Waals surface area contributed by atoms with E-state index in [2.05, 4.69) is 162 Å². The van der Waals surface area contributed by atoms with Crippen molar-refractivity contribution >= 4 is 54.9 Å². The zero-order valence-electron chi connectivity index (χ0n) is 25.4. The molecule has 0 spiro atoms. The van der Waals surface area contributed by atoms with Crippen molar-refractivity contribution in [2.75, 3.05) is 0 Å². The minimum atomic E-state index is 0.881. The SMILES string of the molecule is c1ccc(-c2ccc3c(c2)oc2cc(-c4cccc(-c5cccc6oc7c8ccccc8n(-c8ccccc8)c7c56)c4)ccc23)cc1. The van der Waals surface area contributed by atoms with Gasteiger partial charge in [0.1, 0.15) is 22.3 Å². The summed E-state index contributed by atoms with van der Waals surface area (Å²) in [5.41, 5.74) is 13.8. The molecule has 0 aliphatic heterocycles. The quantitative estimate of drug-likeness (QED) is 0.201. The standard InChI is InChI=1S/C44H27NO2/c1-3-11-28(12-4-1)30-21-23-35-36-24-22-31(27-41(36)46-40(35)26-30)29-13-9-14-32(25-29)34-18-10-20-39-42(34)43-44(47-39)37-17-7-8-19-38(37)45(43)33-15-5-2-6-16-33/h1-27H. The first kappa shape index (κ1) is 26.0. The van der Waals surface area contributed by atoms with E-state index in [4.69, 9.17) is 8.83 Å². The van der Waals surface area contributed by atoms with Gasteiger partial charge in [0, 0.05) is 21.8 Å². The van der Waals surface area contributed by atoms with Crippen LogP contribution in [0.3, 0.4) is 0 Å². The average molecular weight is 602 g/mol. The Labute approximate surface area is 270 Å². The highest BCUT2D eigenvalue weighted by atomic mass is 16.3. The Morgan fingerprint density at radius 3 is 1.79 bits per heavy atom. The van der Waals surface area contributed by atoms with Gasteiger partial charge in [-0.2, -0.15) is 0 Å². The summed E-state index contributed by atoms with van der Waals surface area (Å²) in [6.45, 7) is 0. The number of furan rings is 2. The molecule has 3 heteroatoms. The molecule has 0 N–H and O–H groups in total. The molecular formula is C44H27NO2. The first-order valence-corrected chi connectivity index (χ1v) is 15.9. The number of nitrogens with zero attached hydrogens (tertiary/aromatic N) is 1. The van der Waals surface area contributed by atoms with Crippen molar-refractivity contribution in [1.82, 2.24) is 4.57 Å².